The molecule has 0 saturated heterocycles. The highest BCUT2D eigenvalue weighted by Gasteiger charge is 2.65. The summed E-state index contributed by atoms with van der Waals surface area (Å²) in [5, 5.41) is 71.7. The first kappa shape index (κ1) is 15.7. The fourth-order valence-electron chi connectivity index (χ4n) is 1.03. The number of hydrogen-bond acceptors (Lipinski definition) is 8. The van der Waals surface area contributed by atoms with Crippen molar-refractivity contribution < 1.29 is 40.9 Å². The summed E-state index contributed by atoms with van der Waals surface area (Å²) in [5.74, 6) is -11.2. The van der Waals surface area contributed by atoms with Gasteiger partial charge in [-0.15, -0.1) is 0 Å². The standard InChI is InChI=1S/C8H17O8/c1-2-3-4-6(11,12)8(15,16)7(13,14)5(9)10/h9-16H,2-4H2,1H3. The molecule has 0 aromatic heterocycles. The van der Waals surface area contributed by atoms with Crippen LogP contribution in [0.4, 0.5) is 0 Å². The maximum atomic E-state index is 9.26. The van der Waals surface area contributed by atoms with Crippen LogP contribution in [0.25, 0.3) is 0 Å². The molecule has 0 rings (SSSR count). The highest BCUT2D eigenvalue weighted by Crippen LogP contribution is 2.34. The van der Waals surface area contributed by atoms with Crippen molar-refractivity contribution in [2.24, 2.45) is 0 Å². The van der Waals surface area contributed by atoms with Crippen molar-refractivity contribution >= 4 is 0 Å². The third-order valence-electron chi connectivity index (χ3n) is 2.24. The van der Waals surface area contributed by atoms with Crippen LogP contribution >= 0.6 is 0 Å². The third-order valence-corrected chi connectivity index (χ3v) is 2.24. The van der Waals surface area contributed by atoms with E-state index >= 15 is 0 Å². The molecule has 0 amide bonds. The summed E-state index contributed by atoms with van der Waals surface area (Å²) in [6.07, 6.45) is -2.16. The SMILES string of the molecule is CCCCC(O)(O)C(O)(O)C(O)(O)[C](O)O. The first-order valence-corrected chi connectivity index (χ1v) is 4.60. The van der Waals surface area contributed by atoms with Gasteiger partial charge < -0.3 is 40.9 Å². The van der Waals surface area contributed by atoms with Crippen molar-refractivity contribution in [3.63, 3.8) is 0 Å². The Labute approximate surface area is 91.6 Å². The van der Waals surface area contributed by atoms with Crippen LogP contribution in [-0.2, 0) is 0 Å². The van der Waals surface area contributed by atoms with Gasteiger partial charge in [0.1, 0.15) is 0 Å². The molecule has 16 heavy (non-hydrogen) atoms. The van der Waals surface area contributed by atoms with Gasteiger partial charge in [-0.2, -0.15) is 0 Å². The minimum atomic E-state index is -3.98. The van der Waals surface area contributed by atoms with Gasteiger partial charge in [0, 0.05) is 6.42 Å². The van der Waals surface area contributed by atoms with Crippen LogP contribution in [0.3, 0.4) is 0 Å². The second-order valence-electron chi connectivity index (χ2n) is 3.59. The quantitative estimate of drug-likeness (QED) is 0.236. The van der Waals surface area contributed by atoms with E-state index in [0.29, 0.717) is 6.42 Å². The molecular formula is C8H17O8. The molecule has 8 heteroatoms. The molecular weight excluding hydrogens is 224 g/mol. The van der Waals surface area contributed by atoms with E-state index in [1.54, 1.807) is 6.92 Å². The highest BCUT2D eigenvalue weighted by molar-refractivity contribution is 5.00. The molecule has 0 aliphatic rings. The monoisotopic (exact) mass is 241 g/mol. The molecule has 0 spiro atoms. The van der Waals surface area contributed by atoms with Crippen molar-refractivity contribution in [3.8, 4) is 0 Å². The molecule has 0 saturated carbocycles. The van der Waals surface area contributed by atoms with Crippen molar-refractivity contribution in [3.05, 3.63) is 6.29 Å². The van der Waals surface area contributed by atoms with Crippen LogP contribution in [0.1, 0.15) is 26.2 Å². The van der Waals surface area contributed by atoms with Crippen LogP contribution in [-0.4, -0.2) is 58.2 Å². The Morgan fingerprint density at radius 2 is 1.38 bits per heavy atom. The second-order valence-corrected chi connectivity index (χ2v) is 3.59. The number of unbranched alkanes of at least 4 members (excludes halogenated alkanes) is 1. The van der Waals surface area contributed by atoms with Crippen molar-refractivity contribution in [1.29, 1.82) is 0 Å². The maximum Gasteiger partial charge on any atom is 0.286 e. The van der Waals surface area contributed by atoms with Gasteiger partial charge in [0.25, 0.3) is 17.9 Å². The molecule has 0 bridgehead atoms. The Bertz CT molecular complexity index is 222. The molecule has 1 radical (unpaired) electrons. The summed E-state index contributed by atoms with van der Waals surface area (Å²) in [7, 11) is 0. The van der Waals surface area contributed by atoms with Gasteiger partial charge >= 0.3 is 0 Å². The summed E-state index contributed by atoms with van der Waals surface area (Å²) in [6, 6.07) is 0. The third kappa shape index (κ3) is 2.67. The number of hydrogen-bond donors (Lipinski definition) is 8. The topological polar surface area (TPSA) is 162 Å². The molecule has 97 valence electrons. The molecule has 0 aromatic carbocycles. The number of rotatable bonds is 6. The largest absolute Gasteiger partial charge is 0.361 e. The Hall–Kier alpha value is -0.320. The van der Waals surface area contributed by atoms with E-state index in [-0.39, 0.29) is 6.42 Å². The van der Waals surface area contributed by atoms with E-state index in [9.17, 15) is 20.4 Å². The Morgan fingerprint density at radius 1 is 0.938 bits per heavy atom. The maximum absolute atomic E-state index is 9.26. The smallest absolute Gasteiger partial charge is 0.286 e. The zero-order valence-electron chi connectivity index (χ0n) is 8.70. The van der Waals surface area contributed by atoms with Crippen molar-refractivity contribution in [1.82, 2.24) is 0 Å². The van der Waals surface area contributed by atoms with Gasteiger partial charge in [-0.25, -0.2) is 0 Å². The lowest BCUT2D eigenvalue weighted by Gasteiger charge is -2.42. The fraction of sp³-hybridized carbons (Fsp3) is 0.875. The average Bonchev–Trinajstić information content (AvgIpc) is 2.13. The number of aliphatic hydroxyl groups is 8. The van der Waals surface area contributed by atoms with E-state index in [1.807, 2.05) is 0 Å². The van der Waals surface area contributed by atoms with Gasteiger partial charge in [-0.3, -0.25) is 0 Å². The first-order chi connectivity index (χ1) is 7.00. The van der Waals surface area contributed by atoms with Gasteiger partial charge in [-0.1, -0.05) is 13.3 Å². The minimum absolute atomic E-state index is 0.137. The molecule has 0 aliphatic carbocycles. The summed E-state index contributed by atoms with van der Waals surface area (Å²) in [5.41, 5.74) is 0. The molecule has 8 N–H and O–H groups in total. The van der Waals surface area contributed by atoms with E-state index in [2.05, 4.69) is 0 Å². The Morgan fingerprint density at radius 3 is 1.69 bits per heavy atom. The lowest BCUT2D eigenvalue weighted by Crippen LogP contribution is -2.70. The first-order valence-electron chi connectivity index (χ1n) is 4.60. The van der Waals surface area contributed by atoms with Crippen molar-refractivity contribution in [2.75, 3.05) is 0 Å². The molecule has 0 aliphatic heterocycles. The van der Waals surface area contributed by atoms with Crippen molar-refractivity contribution in [2.45, 2.75) is 43.5 Å². The van der Waals surface area contributed by atoms with E-state index < -0.39 is 30.1 Å². The molecule has 0 atom stereocenters. The highest BCUT2D eigenvalue weighted by atomic mass is 16.7. The lowest BCUT2D eigenvalue weighted by molar-refractivity contribution is -0.464. The summed E-state index contributed by atoms with van der Waals surface area (Å²) in [6.45, 7) is 1.67. The van der Waals surface area contributed by atoms with Crippen LogP contribution < -0.4 is 0 Å². The van der Waals surface area contributed by atoms with E-state index in [1.165, 1.54) is 0 Å². The average molecular weight is 241 g/mol. The van der Waals surface area contributed by atoms with Gasteiger partial charge in [-0.05, 0) is 6.42 Å². The van der Waals surface area contributed by atoms with E-state index in [4.69, 9.17) is 20.4 Å². The fourth-order valence-corrected chi connectivity index (χ4v) is 1.03. The predicted molar refractivity (Wildman–Crippen MR) is 48.1 cm³/mol. The van der Waals surface area contributed by atoms with Crippen LogP contribution in [0.2, 0.25) is 0 Å². The summed E-state index contributed by atoms with van der Waals surface area (Å²) < 4.78 is 0. The zero-order valence-corrected chi connectivity index (χ0v) is 8.70. The predicted octanol–water partition coefficient (Wildman–Crippen LogP) is -2.55. The summed E-state index contributed by atoms with van der Waals surface area (Å²) in [4.78, 5) is 0. The molecule has 0 fully saturated rings. The molecule has 0 unspecified atom stereocenters. The zero-order chi connectivity index (χ0) is 13.2. The molecule has 0 aromatic rings. The molecule has 8 nitrogen and oxygen atoms in total. The normalized spacial score (nSPS) is 14.6. The van der Waals surface area contributed by atoms with Gasteiger partial charge in [0.15, 0.2) is 0 Å². The van der Waals surface area contributed by atoms with Gasteiger partial charge in [0.05, 0.1) is 0 Å². The number of aliphatic hydroxyl groups excluding tert-OH is 1. The minimum Gasteiger partial charge on any atom is -0.361 e. The van der Waals surface area contributed by atoms with E-state index in [0.717, 1.165) is 0 Å². The van der Waals surface area contributed by atoms with Crippen LogP contribution in [0, 0.1) is 6.29 Å². The summed E-state index contributed by atoms with van der Waals surface area (Å²) >= 11 is 0. The Kier molecular flexibility index (Phi) is 4.80. The lowest BCUT2D eigenvalue weighted by atomic mass is 9.91. The van der Waals surface area contributed by atoms with Gasteiger partial charge in [0.2, 0.25) is 5.79 Å². The molecule has 0 heterocycles. The van der Waals surface area contributed by atoms with Crippen LogP contribution in [0.15, 0.2) is 0 Å². The second kappa shape index (κ2) is 4.90. The Balaban J connectivity index is 5.01. The van der Waals surface area contributed by atoms with Crippen LogP contribution in [0.5, 0.6) is 0 Å².